The Bertz CT molecular complexity index is 1330. The van der Waals surface area contributed by atoms with Gasteiger partial charge in [0, 0.05) is 6.20 Å². The van der Waals surface area contributed by atoms with E-state index in [4.69, 9.17) is 24.7 Å². The van der Waals surface area contributed by atoms with Crippen LogP contribution in [0.5, 0.6) is 0 Å². The maximum absolute atomic E-state index is 12.8. The largest absolute Gasteiger partial charge is 0.383 e. The minimum absolute atomic E-state index is 0.144. The number of anilines is 1. The first-order valence-electron chi connectivity index (χ1n) is 12.6. The van der Waals surface area contributed by atoms with Crippen LogP contribution in [0.3, 0.4) is 0 Å². The summed E-state index contributed by atoms with van der Waals surface area (Å²) < 4.78 is 26.7. The van der Waals surface area contributed by atoms with E-state index in [2.05, 4.69) is 4.98 Å². The molecule has 1 saturated heterocycles. The van der Waals surface area contributed by atoms with Gasteiger partial charge in [0.1, 0.15) is 24.1 Å². The number of aromatic nitrogens is 2. The molecule has 5 rings (SSSR count). The van der Waals surface area contributed by atoms with Crippen LogP contribution >= 0.6 is 0 Å². The molecular weight excluding hydrogens is 486 g/mol. The van der Waals surface area contributed by atoms with Gasteiger partial charge in [-0.15, -0.1) is 0 Å². The number of hydrogen-bond acceptors (Lipinski definition) is 7. The molecule has 8 heteroatoms. The van der Waals surface area contributed by atoms with Crippen LogP contribution in [0.1, 0.15) is 22.9 Å². The van der Waals surface area contributed by atoms with Crippen molar-refractivity contribution in [1.82, 2.24) is 9.55 Å². The quantitative estimate of drug-likeness (QED) is 0.299. The Kier molecular flexibility index (Phi) is 8.57. The van der Waals surface area contributed by atoms with Gasteiger partial charge in [-0.25, -0.2) is 4.79 Å². The molecule has 2 heterocycles. The van der Waals surface area contributed by atoms with Crippen LogP contribution in [-0.4, -0.2) is 34.5 Å². The number of nitrogens with zero attached hydrogens (tertiary/aromatic N) is 2. The van der Waals surface area contributed by atoms with Gasteiger partial charge < -0.3 is 24.7 Å². The smallest absolute Gasteiger partial charge is 0.351 e. The molecule has 0 spiro atoms. The van der Waals surface area contributed by atoms with Crippen LogP contribution in [0.2, 0.25) is 0 Å². The van der Waals surface area contributed by atoms with Crippen LogP contribution in [0.15, 0.2) is 108 Å². The lowest BCUT2D eigenvalue weighted by molar-refractivity contribution is -0.0921. The van der Waals surface area contributed by atoms with E-state index in [0.717, 1.165) is 16.7 Å². The Labute approximate surface area is 221 Å². The van der Waals surface area contributed by atoms with Crippen molar-refractivity contribution in [3.05, 3.63) is 130 Å². The molecule has 1 aliphatic rings. The molecule has 0 bridgehead atoms. The molecule has 0 unspecified atom stereocenters. The van der Waals surface area contributed by atoms with E-state index < -0.39 is 30.2 Å². The average molecular weight is 518 g/mol. The van der Waals surface area contributed by atoms with E-state index in [1.807, 2.05) is 91.0 Å². The van der Waals surface area contributed by atoms with Crippen molar-refractivity contribution in [2.45, 2.75) is 44.4 Å². The highest BCUT2D eigenvalue weighted by atomic mass is 17.1. The zero-order valence-corrected chi connectivity index (χ0v) is 21.0. The predicted molar refractivity (Wildman–Crippen MR) is 143 cm³/mol. The summed E-state index contributed by atoms with van der Waals surface area (Å²) in [6.07, 6.45) is -0.796. The van der Waals surface area contributed by atoms with Crippen molar-refractivity contribution in [2.24, 2.45) is 0 Å². The summed E-state index contributed by atoms with van der Waals surface area (Å²) in [6.45, 7) is 1.37. The molecular formula is C30H31N3O5. The van der Waals surface area contributed by atoms with Crippen molar-refractivity contribution in [3.63, 3.8) is 0 Å². The first-order valence-corrected chi connectivity index (χ1v) is 12.6. The van der Waals surface area contributed by atoms with Gasteiger partial charge >= 0.3 is 5.69 Å². The highest BCUT2D eigenvalue weighted by molar-refractivity contribution is 5.24. The number of ether oxygens (including phenoxy) is 4. The zero-order chi connectivity index (χ0) is 26.2. The van der Waals surface area contributed by atoms with Gasteiger partial charge in [-0.3, -0.25) is 4.57 Å². The topological polar surface area (TPSA) is 97.8 Å². The van der Waals surface area contributed by atoms with E-state index in [-0.39, 0.29) is 12.4 Å². The van der Waals surface area contributed by atoms with Gasteiger partial charge in [-0.2, -0.15) is 4.98 Å². The fourth-order valence-corrected chi connectivity index (χ4v) is 4.47. The second-order valence-corrected chi connectivity index (χ2v) is 9.13. The van der Waals surface area contributed by atoms with Crippen LogP contribution < -0.4 is 11.4 Å². The lowest BCUT2D eigenvalue weighted by atomic mass is 10.1. The Morgan fingerprint density at radius 1 is 0.737 bits per heavy atom. The van der Waals surface area contributed by atoms with Crippen LogP contribution in [0, 0.1) is 0 Å². The fraction of sp³-hybridized carbons (Fsp3) is 0.267. The highest BCUT2D eigenvalue weighted by Gasteiger charge is 2.48. The number of rotatable bonds is 11. The number of hydrogen-bond donors (Lipinski definition) is 1. The molecule has 0 amide bonds. The molecule has 8 nitrogen and oxygen atoms in total. The fourth-order valence-electron chi connectivity index (χ4n) is 4.47. The van der Waals surface area contributed by atoms with Crippen molar-refractivity contribution in [2.75, 3.05) is 12.3 Å². The zero-order valence-electron chi connectivity index (χ0n) is 21.0. The van der Waals surface area contributed by atoms with Gasteiger partial charge in [0.15, 0.2) is 6.23 Å². The van der Waals surface area contributed by atoms with E-state index in [0.29, 0.717) is 19.8 Å². The Morgan fingerprint density at radius 2 is 1.26 bits per heavy atom. The summed E-state index contributed by atoms with van der Waals surface area (Å²) in [5.41, 5.74) is 8.30. The van der Waals surface area contributed by atoms with Gasteiger partial charge in [0.25, 0.3) is 0 Å². The molecule has 0 aliphatic carbocycles. The summed E-state index contributed by atoms with van der Waals surface area (Å²) in [5.74, 6) is 0.144. The lowest BCUT2D eigenvalue weighted by Crippen LogP contribution is -2.40. The average Bonchev–Trinajstić information content (AvgIpc) is 3.29. The maximum Gasteiger partial charge on any atom is 0.351 e. The molecule has 1 fully saturated rings. The summed E-state index contributed by atoms with van der Waals surface area (Å²) >= 11 is 0. The lowest BCUT2D eigenvalue weighted by Gasteiger charge is -2.25. The van der Waals surface area contributed by atoms with E-state index in [9.17, 15) is 4.79 Å². The third-order valence-corrected chi connectivity index (χ3v) is 6.38. The minimum atomic E-state index is -0.773. The monoisotopic (exact) mass is 517 g/mol. The second kappa shape index (κ2) is 12.6. The summed E-state index contributed by atoms with van der Waals surface area (Å²) in [7, 11) is 0. The van der Waals surface area contributed by atoms with Crippen molar-refractivity contribution < 1.29 is 18.9 Å². The summed E-state index contributed by atoms with van der Waals surface area (Å²) in [4.78, 5) is 16.7. The van der Waals surface area contributed by atoms with Gasteiger partial charge in [0.05, 0.1) is 26.4 Å². The van der Waals surface area contributed by atoms with Crippen molar-refractivity contribution in [3.8, 4) is 0 Å². The van der Waals surface area contributed by atoms with E-state index in [1.54, 1.807) is 12.3 Å². The molecule has 1 aliphatic heterocycles. The maximum atomic E-state index is 12.8. The Hall–Kier alpha value is -3.82. The normalized spacial score (nSPS) is 20.9. The highest BCUT2D eigenvalue weighted by Crippen LogP contribution is 2.34. The molecule has 4 atom stereocenters. The van der Waals surface area contributed by atoms with Crippen LogP contribution in [0.4, 0.5) is 5.82 Å². The molecule has 2 N–H and O–H groups in total. The van der Waals surface area contributed by atoms with Crippen LogP contribution in [0.25, 0.3) is 0 Å². The first kappa shape index (κ1) is 25.8. The summed E-state index contributed by atoms with van der Waals surface area (Å²) in [5, 5.41) is 0. The van der Waals surface area contributed by atoms with E-state index in [1.165, 1.54) is 4.57 Å². The van der Waals surface area contributed by atoms with Crippen molar-refractivity contribution in [1.29, 1.82) is 0 Å². The molecule has 3 aromatic carbocycles. The Morgan fingerprint density at radius 3 is 1.82 bits per heavy atom. The van der Waals surface area contributed by atoms with Gasteiger partial charge in [0.2, 0.25) is 0 Å². The number of nitrogen functional groups attached to an aromatic ring is 1. The first-order chi connectivity index (χ1) is 18.7. The predicted octanol–water partition coefficient (Wildman–Crippen LogP) is 4.11. The minimum Gasteiger partial charge on any atom is -0.383 e. The molecule has 0 saturated carbocycles. The standard InChI is InChI=1S/C30H31N3O5/c31-26-16-17-33(30(34)32-26)29-28(37-20-24-14-8-3-9-15-24)27(36-19-23-12-6-2-7-13-23)25(38-29)21-35-18-22-10-4-1-5-11-22/h1-17,25,27-29H,18-21H2,(H2,31,32,34)/t25-,27-,28-,29-/m1/s1/i31+1,32+1,33+1,34+1. The van der Waals surface area contributed by atoms with Crippen LogP contribution in [-0.2, 0) is 38.8 Å². The number of benzene rings is 3. The molecule has 1 aromatic heterocycles. The van der Waals surface area contributed by atoms with Gasteiger partial charge in [-0.1, -0.05) is 91.0 Å². The Balaban J connectivity index is 1.40. The van der Waals surface area contributed by atoms with Gasteiger partial charge in [-0.05, 0) is 22.8 Å². The molecule has 0 radical (unpaired) electrons. The third-order valence-electron chi connectivity index (χ3n) is 6.38. The molecule has 196 valence electrons. The van der Waals surface area contributed by atoms with E-state index >= 15 is 0 Å². The third kappa shape index (κ3) is 6.54. The SMILES string of the molecule is [15NH2]c1cc[15n]([C@@H]2O[C@H](COCc3ccccc3)[C@@H](OCc3ccccc3)[C@H]2OCc2ccccc2)c(=[17O])[15n]1. The molecule has 38 heavy (non-hydrogen) atoms. The van der Waals surface area contributed by atoms with Crippen molar-refractivity contribution >= 4 is 5.82 Å². The second-order valence-electron chi connectivity index (χ2n) is 9.13. The molecule has 4 aromatic rings. The summed E-state index contributed by atoms with van der Waals surface area (Å²) in [6, 6.07) is 31.2. The number of nitrogens with two attached hydrogens (primary N) is 1.